The molecule has 0 aliphatic rings. The molecule has 0 saturated heterocycles. The number of hydrogen-bond donors (Lipinski definition) is 1. The summed E-state index contributed by atoms with van der Waals surface area (Å²) in [5.74, 6) is -0.334. The summed E-state index contributed by atoms with van der Waals surface area (Å²) in [4.78, 5) is 10.6. The predicted octanol–water partition coefficient (Wildman–Crippen LogP) is 0.794. The maximum Gasteiger partial charge on any atom is 0.302 e. The maximum atomic E-state index is 11.4. The van der Waals surface area contributed by atoms with Crippen LogP contribution in [0.5, 0.6) is 0 Å². The van der Waals surface area contributed by atoms with Gasteiger partial charge in [-0.05, 0) is 11.1 Å². The largest absolute Gasteiger partial charge is 0.466 e. The Morgan fingerprint density at radius 1 is 1.44 bits per heavy atom. The standard InChI is InChI=1S/C12H17NO4S/c1-9(14)17-7-6-10-4-3-5-11(8-10)12(13)18(2,15)16/h3-5,8,12H,6-7,13H2,1-2H3. The highest BCUT2D eigenvalue weighted by molar-refractivity contribution is 7.90. The number of nitrogens with two attached hydrogens (primary N) is 1. The minimum Gasteiger partial charge on any atom is -0.466 e. The smallest absolute Gasteiger partial charge is 0.302 e. The summed E-state index contributed by atoms with van der Waals surface area (Å²) in [6, 6.07) is 6.96. The lowest BCUT2D eigenvalue weighted by Gasteiger charge is -2.11. The average Bonchev–Trinajstić information content (AvgIpc) is 2.26. The van der Waals surface area contributed by atoms with Crippen LogP contribution < -0.4 is 5.73 Å². The van der Waals surface area contributed by atoms with Gasteiger partial charge in [0.2, 0.25) is 0 Å². The third-order valence-corrected chi connectivity index (χ3v) is 3.63. The Kier molecular flexibility index (Phi) is 4.86. The molecule has 1 atom stereocenters. The fourth-order valence-corrected chi connectivity index (χ4v) is 2.13. The molecule has 0 radical (unpaired) electrons. The number of sulfone groups is 1. The van der Waals surface area contributed by atoms with Crippen LogP contribution in [0.3, 0.4) is 0 Å². The number of ether oxygens (including phenoxy) is 1. The first-order valence-electron chi connectivity index (χ1n) is 5.47. The van der Waals surface area contributed by atoms with Crippen molar-refractivity contribution >= 4 is 15.8 Å². The van der Waals surface area contributed by atoms with E-state index in [0.29, 0.717) is 12.0 Å². The molecule has 1 aromatic carbocycles. The van der Waals surface area contributed by atoms with Crippen LogP contribution in [0.4, 0.5) is 0 Å². The monoisotopic (exact) mass is 271 g/mol. The summed E-state index contributed by atoms with van der Waals surface area (Å²) in [5, 5.41) is -1.02. The zero-order valence-corrected chi connectivity index (χ0v) is 11.2. The van der Waals surface area contributed by atoms with Crippen molar-refractivity contribution in [3.63, 3.8) is 0 Å². The highest BCUT2D eigenvalue weighted by Crippen LogP contribution is 2.17. The van der Waals surface area contributed by atoms with Gasteiger partial charge in [-0.3, -0.25) is 4.79 Å². The van der Waals surface area contributed by atoms with Gasteiger partial charge in [0.15, 0.2) is 9.84 Å². The maximum absolute atomic E-state index is 11.4. The van der Waals surface area contributed by atoms with Crippen LogP contribution in [0.2, 0.25) is 0 Å². The van der Waals surface area contributed by atoms with Crippen molar-refractivity contribution < 1.29 is 17.9 Å². The van der Waals surface area contributed by atoms with Crippen LogP contribution in [0, 0.1) is 0 Å². The summed E-state index contributed by atoms with van der Waals surface area (Å²) in [7, 11) is -3.31. The van der Waals surface area contributed by atoms with Gasteiger partial charge in [-0.15, -0.1) is 0 Å². The molecule has 0 heterocycles. The second-order valence-corrected chi connectivity index (χ2v) is 6.25. The molecule has 5 nitrogen and oxygen atoms in total. The number of hydrogen-bond acceptors (Lipinski definition) is 5. The number of carbonyl (C=O) groups excluding carboxylic acids is 1. The Labute approximate surface area is 107 Å². The van der Waals surface area contributed by atoms with Gasteiger partial charge in [-0.2, -0.15) is 0 Å². The first-order valence-corrected chi connectivity index (χ1v) is 7.43. The van der Waals surface area contributed by atoms with Gasteiger partial charge in [0, 0.05) is 19.6 Å². The van der Waals surface area contributed by atoms with Crippen molar-refractivity contribution in [1.29, 1.82) is 0 Å². The topological polar surface area (TPSA) is 86.5 Å². The molecule has 18 heavy (non-hydrogen) atoms. The molecule has 1 aromatic rings. The van der Waals surface area contributed by atoms with Gasteiger partial charge in [0.25, 0.3) is 0 Å². The molecule has 1 rings (SSSR count). The minimum atomic E-state index is -3.31. The van der Waals surface area contributed by atoms with Gasteiger partial charge < -0.3 is 10.5 Å². The van der Waals surface area contributed by atoms with E-state index in [4.69, 9.17) is 10.5 Å². The first-order chi connectivity index (χ1) is 8.30. The molecule has 0 fully saturated rings. The van der Waals surface area contributed by atoms with Crippen LogP contribution >= 0.6 is 0 Å². The number of benzene rings is 1. The fourth-order valence-electron chi connectivity index (χ4n) is 1.49. The average molecular weight is 271 g/mol. The molecular formula is C12H17NO4S. The molecule has 0 saturated carbocycles. The first kappa shape index (κ1) is 14.7. The number of rotatable bonds is 5. The van der Waals surface area contributed by atoms with Crippen LogP contribution in [-0.4, -0.2) is 27.2 Å². The van der Waals surface area contributed by atoms with Crippen LogP contribution in [0.15, 0.2) is 24.3 Å². The van der Waals surface area contributed by atoms with E-state index in [-0.39, 0.29) is 12.6 Å². The Morgan fingerprint density at radius 3 is 2.67 bits per heavy atom. The molecule has 0 aliphatic carbocycles. The van der Waals surface area contributed by atoms with Gasteiger partial charge in [0.05, 0.1) is 6.61 Å². The third-order valence-electron chi connectivity index (χ3n) is 2.44. The van der Waals surface area contributed by atoms with Crippen LogP contribution in [0.1, 0.15) is 23.4 Å². The van der Waals surface area contributed by atoms with Crippen molar-refractivity contribution in [1.82, 2.24) is 0 Å². The molecule has 0 bridgehead atoms. The van der Waals surface area contributed by atoms with Gasteiger partial charge in [-0.25, -0.2) is 8.42 Å². The van der Waals surface area contributed by atoms with Crippen molar-refractivity contribution in [2.75, 3.05) is 12.9 Å². The van der Waals surface area contributed by atoms with Gasteiger partial charge in [-0.1, -0.05) is 24.3 Å². The van der Waals surface area contributed by atoms with E-state index in [0.717, 1.165) is 11.8 Å². The zero-order chi connectivity index (χ0) is 13.8. The van der Waals surface area contributed by atoms with E-state index in [1.54, 1.807) is 18.2 Å². The highest BCUT2D eigenvalue weighted by Gasteiger charge is 2.17. The molecule has 2 N–H and O–H groups in total. The summed E-state index contributed by atoms with van der Waals surface area (Å²) >= 11 is 0. The number of esters is 1. The van der Waals surface area contributed by atoms with Crippen molar-refractivity contribution in [2.45, 2.75) is 18.7 Å². The van der Waals surface area contributed by atoms with Crippen molar-refractivity contribution in [3.05, 3.63) is 35.4 Å². The summed E-state index contributed by atoms with van der Waals surface area (Å²) < 4.78 is 27.5. The second-order valence-electron chi connectivity index (χ2n) is 4.09. The van der Waals surface area contributed by atoms with Gasteiger partial charge in [0.1, 0.15) is 5.37 Å². The Balaban J connectivity index is 2.77. The third kappa shape index (κ3) is 4.46. The molecular weight excluding hydrogens is 254 g/mol. The zero-order valence-electron chi connectivity index (χ0n) is 10.4. The predicted molar refractivity (Wildman–Crippen MR) is 68.6 cm³/mol. The quantitative estimate of drug-likeness (QED) is 0.800. The molecule has 1 unspecified atom stereocenters. The van der Waals surface area contributed by atoms with Crippen LogP contribution in [-0.2, 0) is 25.8 Å². The fraction of sp³-hybridized carbons (Fsp3) is 0.417. The van der Waals surface area contributed by atoms with Gasteiger partial charge >= 0.3 is 5.97 Å². The molecule has 0 amide bonds. The Hall–Kier alpha value is -1.40. The highest BCUT2D eigenvalue weighted by atomic mass is 32.2. The molecule has 0 aromatic heterocycles. The van der Waals surface area contributed by atoms with E-state index in [1.807, 2.05) is 6.07 Å². The lowest BCUT2D eigenvalue weighted by Crippen LogP contribution is -2.20. The lowest BCUT2D eigenvalue weighted by atomic mass is 10.1. The van der Waals surface area contributed by atoms with Crippen molar-refractivity contribution in [2.24, 2.45) is 5.73 Å². The minimum absolute atomic E-state index is 0.271. The molecule has 6 heteroatoms. The SMILES string of the molecule is CC(=O)OCCc1cccc(C(N)S(C)(=O)=O)c1. The van der Waals surface area contributed by atoms with E-state index in [2.05, 4.69) is 0 Å². The molecule has 100 valence electrons. The second kappa shape index (κ2) is 5.97. The van der Waals surface area contributed by atoms with Crippen molar-refractivity contribution in [3.8, 4) is 0 Å². The normalized spacial score (nSPS) is 13.1. The molecule has 0 aliphatic heterocycles. The lowest BCUT2D eigenvalue weighted by molar-refractivity contribution is -0.140. The Bertz CT molecular complexity index is 525. The Morgan fingerprint density at radius 2 is 2.11 bits per heavy atom. The molecule has 0 spiro atoms. The van der Waals surface area contributed by atoms with E-state index < -0.39 is 15.2 Å². The number of carbonyl (C=O) groups is 1. The van der Waals surface area contributed by atoms with E-state index in [1.165, 1.54) is 6.92 Å². The van der Waals surface area contributed by atoms with E-state index >= 15 is 0 Å². The summed E-state index contributed by atoms with van der Waals surface area (Å²) in [6.07, 6.45) is 1.63. The summed E-state index contributed by atoms with van der Waals surface area (Å²) in [6.45, 7) is 1.61. The van der Waals surface area contributed by atoms with Crippen LogP contribution in [0.25, 0.3) is 0 Å². The van der Waals surface area contributed by atoms with E-state index in [9.17, 15) is 13.2 Å². The summed E-state index contributed by atoms with van der Waals surface area (Å²) in [5.41, 5.74) is 7.07.